The molecule has 1 aromatic carbocycles. The second-order valence-corrected chi connectivity index (χ2v) is 3.62. The molecule has 0 amide bonds. The lowest BCUT2D eigenvalue weighted by molar-refractivity contribution is -0.138. The second-order valence-electron chi connectivity index (χ2n) is 3.62. The van der Waals surface area contributed by atoms with Gasteiger partial charge in [-0.2, -0.15) is 0 Å². The Labute approximate surface area is 87.7 Å². The maximum Gasteiger partial charge on any atom is 0.320 e. The third-order valence-electron chi connectivity index (χ3n) is 2.51. The number of aryl methyl sites for hydroxylation is 1. The van der Waals surface area contributed by atoms with Crippen molar-refractivity contribution in [2.75, 3.05) is 0 Å². The maximum absolute atomic E-state index is 13.2. The van der Waals surface area contributed by atoms with Gasteiger partial charge in [-0.3, -0.25) is 4.79 Å². The van der Waals surface area contributed by atoms with E-state index >= 15 is 0 Å². The van der Waals surface area contributed by atoms with E-state index in [0.29, 0.717) is 11.1 Å². The second kappa shape index (κ2) is 4.40. The van der Waals surface area contributed by atoms with Crippen molar-refractivity contribution < 1.29 is 14.3 Å². The summed E-state index contributed by atoms with van der Waals surface area (Å²) >= 11 is 0. The van der Waals surface area contributed by atoms with Gasteiger partial charge in [-0.1, -0.05) is 6.07 Å². The molecule has 0 radical (unpaired) electrons. The lowest BCUT2D eigenvalue weighted by atomic mass is 9.96. The Morgan fingerprint density at radius 2 is 2.13 bits per heavy atom. The summed E-state index contributed by atoms with van der Waals surface area (Å²) < 4.78 is 13.2. The number of hydrogen-bond donors (Lipinski definition) is 2. The van der Waals surface area contributed by atoms with Gasteiger partial charge in [0.25, 0.3) is 0 Å². The molecule has 0 aromatic heterocycles. The van der Waals surface area contributed by atoms with Crippen LogP contribution < -0.4 is 5.73 Å². The van der Waals surface area contributed by atoms with Crippen molar-refractivity contribution in [2.24, 2.45) is 5.73 Å². The van der Waals surface area contributed by atoms with Crippen LogP contribution in [-0.4, -0.2) is 17.1 Å². The van der Waals surface area contributed by atoms with Crippen LogP contribution in [0.5, 0.6) is 0 Å². The standard InChI is InChI=1S/C11H14FNO2/c1-6-3-4-9(12)7(2)8(6)5-10(13)11(14)15/h3-4,10H,5,13H2,1-2H3,(H,14,15). The molecule has 0 saturated heterocycles. The molecule has 0 aliphatic rings. The van der Waals surface area contributed by atoms with E-state index in [0.717, 1.165) is 5.56 Å². The maximum atomic E-state index is 13.2. The predicted molar refractivity (Wildman–Crippen MR) is 55.2 cm³/mol. The molecule has 1 atom stereocenters. The summed E-state index contributed by atoms with van der Waals surface area (Å²) in [4.78, 5) is 10.6. The zero-order chi connectivity index (χ0) is 11.6. The smallest absolute Gasteiger partial charge is 0.320 e. The molecule has 3 N–H and O–H groups in total. The van der Waals surface area contributed by atoms with Gasteiger partial charge in [-0.25, -0.2) is 4.39 Å². The van der Waals surface area contributed by atoms with Crippen LogP contribution in [0.4, 0.5) is 4.39 Å². The topological polar surface area (TPSA) is 63.3 Å². The first-order valence-corrected chi connectivity index (χ1v) is 4.66. The van der Waals surface area contributed by atoms with Crippen LogP contribution in [0.1, 0.15) is 16.7 Å². The van der Waals surface area contributed by atoms with Crippen LogP contribution >= 0.6 is 0 Å². The minimum absolute atomic E-state index is 0.157. The highest BCUT2D eigenvalue weighted by Crippen LogP contribution is 2.18. The van der Waals surface area contributed by atoms with Crippen molar-refractivity contribution in [3.05, 3.63) is 34.6 Å². The molecule has 0 fully saturated rings. The molecular weight excluding hydrogens is 197 g/mol. The first-order chi connectivity index (χ1) is 6.93. The molecule has 0 heterocycles. The van der Waals surface area contributed by atoms with Crippen LogP contribution in [0.25, 0.3) is 0 Å². The monoisotopic (exact) mass is 211 g/mol. The fourth-order valence-corrected chi connectivity index (χ4v) is 1.48. The SMILES string of the molecule is Cc1ccc(F)c(C)c1CC(N)C(=O)O. The zero-order valence-corrected chi connectivity index (χ0v) is 8.75. The molecule has 0 spiro atoms. The van der Waals surface area contributed by atoms with Gasteiger partial charge in [0.05, 0.1) is 0 Å². The van der Waals surface area contributed by atoms with Gasteiger partial charge < -0.3 is 10.8 Å². The van der Waals surface area contributed by atoms with Gasteiger partial charge in [-0.05, 0) is 43.0 Å². The Balaban J connectivity index is 3.03. The van der Waals surface area contributed by atoms with E-state index in [4.69, 9.17) is 10.8 Å². The third-order valence-corrected chi connectivity index (χ3v) is 2.51. The number of hydrogen-bond acceptors (Lipinski definition) is 2. The van der Waals surface area contributed by atoms with Crippen LogP contribution in [0, 0.1) is 19.7 Å². The average Bonchev–Trinajstić information content (AvgIpc) is 2.18. The van der Waals surface area contributed by atoms with E-state index in [1.807, 2.05) is 6.92 Å². The van der Waals surface area contributed by atoms with E-state index in [1.165, 1.54) is 6.07 Å². The van der Waals surface area contributed by atoms with Crippen LogP contribution in [0.3, 0.4) is 0 Å². The Hall–Kier alpha value is -1.42. The summed E-state index contributed by atoms with van der Waals surface area (Å²) in [6.07, 6.45) is 0.157. The zero-order valence-electron chi connectivity index (χ0n) is 8.75. The third kappa shape index (κ3) is 2.53. The molecule has 15 heavy (non-hydrogen) atoms. The van der Waals surface area contributed by atoms with Gasteiger partial charge in [0.1, 0.15) is 11.9 Å². The molecular formula is C11H14FNO2. The summed E-state index contributed by atoms with van der Waals surface area (Å²) in [7, 11) is 0. The molecule has 0 aliphatic carbocycles. The van der Waals surface area contributed by atoms with E-state index in [1.54, 1.807) is 13.0 Å². The number of halogens is 1. The van der Waals surface area contributed by atoms with E-state index < -0.39 is 12.0 Å². The van der Waals surface area contributed by atoms with Gasteiger partial charge in [0.2, 0.25) is 0 Å². The van der Waals surface area contributed by atoms with E-state index in [9.17, 15) is 9.18 Å². The summed E-state index contributed by atoms with van der Waals surface area (Å²) in [6.45, 7) is 3.45. The summed E-state index contributed by atoms with van der Waals surface area (Å²) in [6, 6.07) is 2.02. The molecule has 0 aliphatic heterocycles. The fraction of sp³-hybridized carbons (Fsp3) is 0.364. The Morgan fingerprint density at radius 3 is 2.67 bits per heavy atom. The molecule has 1 rings (SSSR count). The van der Waals surface area contributed by atoms with Crippen LogP contribution in [-0.2, 0) is 11.2 Å². The minimum Gasteiger partial charge on any atom is -0.480 e. The van der Waals surface area contributed by atoms with Crippen molar-refractivity contribution in [3.63, 3.8) is 0 Å². The van der Waals surface area contributed by atoms with Crippen molar-refractivity contribution in [3.8, 4) is 0 Å². The molecule has 0 saturated carbocycles. The lowest BCUT2D eigenvalue weighted by Crippen LogP contribution is -2.32. The van der Waals surface area contributed by atoms with Gasteiger partial charge in [0, 0.05) is 0 Å². The van der Waals surface area contributed by atoms with Crippen LogP contribution in [0.15, 0.2) is 12.1 Å². The molecule has 0 bridgehead atoms. The quantitative estimate of drug-likeness (QED) is 0.794. The molecule has 1 unspecified atom stereocenters. The largest absolute Gasteiger partial charge is 0.480 e. The number of nitrogens with two attached hydrogens (primary N) is 1. The first kappa shape index (κ1) is 11.7. The summed E-state index contributed by atoms with van der Waals surface area (Å²) in [5.74, 6) is -1.40. The molecule has 3 nitrogen and oxygen atoms in total. The van der Waals surface area contributed by atoms with E-state index in [-0.39, 0.29) is 12.2 Å². The number of benzene rings is 1. The highest BCUT2D eigenvalue weighted by molar-refractivity contribution is 5.73. The predicted octanol–water partition coefficient (Wildman–Crippen LogP) is 1.40. The Kier molecular flexibility index (Phi) is 3.42. The summed E-state index contributed by atoms with van der Waals surface area (Å²) in [5, 5.41) is 8.68. The Morgan fingerprint density at radius 1 is 1.53 bits per heavy atom. The van der Waals surface area contributed by atoms with Crippen LogP contribution in [0.2, 0.25) is 0 Å². The number of rotatable bonds is 3. The minimum atomic E-state index is -1.07. The van der Waals surface area contributed by atoms with E-state index in [2.05, 4.69) is 0 Å². The highest BCUT2D eigenvalue weighted by atomic mass is 19.1. The summed E-state index contributed by atoms with van der Waals surface area (Å²) in [5.41, 5.74) is 7.44. The van der Waals surface area contributed by atoms with Gasteiger partial charge >= 0.3 is 5.97 Å². The number of aliphatic carboxylic acids is 1. The molecule has 4 heteroatoms. The number of carbonyl (C=O) groups is 1. The fourth-order valence-electron chi connectivity index (χ4n) is 1.48. The average molecular weight is 211 g/mol. The number of carboxylic acid groups (broad SMARTS) is 1. The highest BCUT2D eigenvalue weighted by Gasteiger charge is 2.16. The van der Waals surface area contributed by atoms with Crippen molar-refractivity contribution >= 4 is 5.97 Å². The normalized spacial score (nSPS) is 12.5. The van der Waals surface area contributed by atoms with Gasteiger partial charge in [0.15, 0.2) is 0 Å². The van der Waals surface area contributed by atoms with Crippen molar-refractivity contribution in [1.82, 2.24) is 0 Å². The lowest BCUT2D eigenvalue weighted by Gasteiger charge is -2.12. The number of carboxylic acids is 1. The van der Waals surface area contributed by atoms with Gasteiger partial charge in [-0.15, -0.1) is 0 Å². The Bertz CT molecular complexity index is 390. The van der Waals surface area contributed by atoms with Crippen molar-refractivity contribution in [2.45, 2.75) is 26.3 Å². The first-order valence-electron chi connectivity index (χ1n) is 4.66. The molecule has 82 valence electrons. The van der Waals surface area contributed by atoms with Crippen molar-refractivity contribution in [1.29, 1.82) is 0 Å². The molecule has 1 aromatic rings.